The van der Waals surface area contributed by atoms with Crippen molar-refractivity contribution in [1.82, 2.24) is 19.9 Å². The second-order valence-electron chi connectivity index (χ2n) is 5.81. The number of hydrogen-bond donors (Lipinski definition) is 0. The van der Waals surface area contributed by atoms with Gasteiger partial charge >= 0.3 is 0 Å². The second kappa shape index (κ2) is 7.14. The molecule has 1 saturated heterocycles. The van der Waals surface area contributed by atoms with E-state index in [2.05, 4.69) is 10.2 Å². The topological polar surface area (TPSA) is 64.2 Å². The van der Waals surface area contributed by atoms with E-state index in [-0.39, 0.29) is 5.91 Å². The van der Waals surface area contributed by atoms with Crippen molar-refractivity contribution in [2.24, 2.45) is 0 Å². The minimum absolute atomic E-state index is 0.0668. The Kier molecular flexibility index (Phi) is 4.56. The van der Waals surface area contributed by atoms with Gasteiger partial charge in [-0.2, -0.15) is 9.90 Å². The van der Waals surface area contributed by atoms with Gasteiger partial charge in [0.25, 0.3) is 5.91 Å². The second-order valence-corrected chi connectivity index (χ2v) is 7.12. The van der Waals surface area contributed by atoms with Crippen molar-refractivity contribution in [2.75, 3.05) is 18.8 Å². The molecular formula is C18H18N4O2S. The molecule has 0 aliphatic carbocycles. The molecule has 1 aliphatic heterocycles. The van der Waals surface area contributed by atoms with Gasteiger partial charge in [-0.05, 0) is 30.7 Å². The van der Waals surface area contributed by atoms with Crippen LogP contribution in [0.25, 0.3) is 5.69 Å². The molecule has 0 spiro atoms. The maximum Gasteiger partial charge on any atom is 0.276 e. The number of para-hydroxylation sites is 1. The molecule has 128 valence electrons. The van der Waals surface area contributed by atoms with E-state index in [1.165, 1.54) is 11.0 Å². The fourth-order valence-electron chi connectivity index (χ4n) is 2.88. The Balaban J connectivity index is 1.45. The molecule has 7 heteroatoms. The highest BCUT2D eigenvalue weighted by atomic mass is 32.2. The van der Waals surface area contributed by atoms with E-state index in [0.29, 0.717) is 24.0 Å². The lowest BCUT2D eigenvalue weighted by molar-refractivity contribution is 0.0759. The average molecular weight is 354 g/mol. The van der Waals surface area contributed by atoms with Gasteiger partial charge in [0.05, 0.1) is 23.4 Å². The fraction of sp³-hybridized carbons (Fsp3) is 0.278. The Morgan fingerprint density at radius 1 is 1.16 bits per heavy atom. The van der Waals surface area contributed by atoms with E-state index in [1.807, 2.05) is 59.1 Å². The maximum atomic E-state index is 12.8. The van der Waals surface area contributed by atoms with Crippen LogP contribution in [0.4, 0.5) is 0 Å². The summed E-state index contributed by atoms with van der Waals surface area (Å²) < 4.78 is 5.51. The number of benzene rings is 1. The number of carbonyl (C=O) groups excluding carboxylic acids is 1. The van der Waals surface area contributed by atoms with Crippen molar-refractivity contribution in [3.05, 3.63) is 66.4 Å². The molecular weight excluding hydrogens is 336 g/mol. The Hall–Kier alpha value is -2.54. The summed E-state index contributed by atoms with van der Waals surface area (Å²) in [5.74, 6) is 1.79. The van der Waals surface area contributed by atoms with Crippen molar-refractivity contribution in [3.63, 3.8) is 0 Å². The van der Waals surface area contributed by atoms with Gasteiger partial charge in [0.2, 0.25) is 0 Å². The van der Waals surface area contributed by atoms with Crippen LogP contribution in [0, 0.1) is 0 Å². The number of aromatic nitrogens is 3. The SMILES string of the molecule is O=C(c1cnn(-c2ccccc2)n1)N1CCS[C@H](c2ccco2)CC1. The molecule has 0 bridgehead atoms. The summed E-state index contributed by atoms with van der Waals surface area (Å²) in [7, 11) is 0. The van der Waals surface area contributed by atoms with Crippen molar-refractivity contribution in [1.29, 1.82) is 0 Å². The van der Waals surface area contributed by atoms with Gasteiger partial charge in [-0.3, -0.25) is 4.79 Å². The number of rotatable bonds is 3. The van der Waals surface area contributed by atoms with Gasteiger partial charge in [0.15, 0.2) is 5.69 Å². The lowest BCUT2D eigenvalue weighted by atomic mass is 10.2. The predicted octanol–water partition coefficient (Wildman–Crippen LogP) is 3.18. The lowest BCUT2D eigenvalue weighted by Crippen LogP contribution is -2.33. The quantitative estimate of drug-likeness (QED) is 0.723. The molecule has 1 aromatic carbocycles. The molecule has 2 aromatic heterocycles. The van der Waals surface area contributed by atoms with Gasteiger partial charge in [0, 0.05) is 18.8 Å². The summed E-state index contributed by atoms with van der Waals surface area (Å²) in [6.45, 7) is 1.40. The first kappa shape index (κ1) is 16.0. The van der Waals surface area contributed by atoms with Crippen molar-refractivity contribution >= 4 is 17.7 Å². The highest BCUT2D eigenvalue weighted by Gasteiger charge is 2.25. The van der Waals surface area contributed by atoms with E-state index in [9.17, 15) is 4.79 Å². The lowest BCUT2D eigenvalue weighted by Gasteiger charge is -2.18. The molecule has 3 heterocycles. The number of carbonyl (C=O) groups is 1. The summed E-state index contributed by atoms with van der Waals surface area (Å²) in [5, 5.41) is 8.86. The molecule has 6 nitrogen and oxygen atoms in total. The molecule has 4 rings (SSSR count). The van der Waals surface area contributed by atoms with Crippen LogP contribution in [0.2, 0.25) is 0 Å². The zero-order valence-corrected chi connectivity index (χ0v) is 14.4. The molecule has 1 aliphatic rings. The van der Waals surface area contributed by atoms with Crippen LogP contribution in [-0.2, 0) is 0 Å². The van der Waals surface area contributed by atoms with Gasteiger partial charge < -0.3 is 9.32 Å². The summed E-state index contributed by atoms with van der Waals surface area (Å²) in [4.78, 5) is 16.1. The van der Waals surface area contributed by atoms with Crippen LogP contribution >= 0.6 is 11.8 Å². The average Bonchev–Trinajstić information content (AvgIpc) is 3.30. The predicted molar refractivity (Wildman–Crippen MR) is 95.8 cm³/mol. The van der Waals surface area contributed by atoms with E-state index in [4.69, 9.17) is 4.42 Å². The first-order valence-electron chi connectivity index (χ1n) is 8.23. The van der Waals surface area contributed by atoms with Gasteiger partial charge in [-0.25, -0.2) is 0 Å². The first-order chi connectivity index (χ1) is 12.3. The Bertz CT molecular complexity index is 832. The Labute approximate surface area is 149 Å². The third-order valence-corrected chi connectivity index (χ3v) is 5.48. The van der Waals surface area contributed by atoms with E-state index in [1.54, 1.807) is 6.26 Å². The highest BCUT2D eigenvalue weighted by Crippen LogP contribution is 2.34. The van der Waals surface area contributed by atoms with Crippen LogP contribution in [0.1, 0.15) is 27.9 Å². The monoisotopic (exact) mass is 354 g/mol. The Morgan fingerprint density at radius 3 is 2.84 bits per heavy atom. The smallest absolute Gasteiger partial charge is 0.276 e. The number of thioether (sulfide) groups is 1. The maximum absolute atomic E-state index is 12.8. The molecule has 25 heavy (non-hydrogen) atoms. The summed E-state index contributed by atoms with van der Waals surface area (Å²) in [6.07, 6.45) is 4.11. The van der Waals surface area contributed by atoms with Gasteiger partial charge in [-0.15, -0.1) is 16.9 Å². The van der Waals surface area contributed by atoms with Crippen LogP contribution in [0.5, 0.6) is 0 Å². The van der Waals surface area contributed by atoms with Gasteiger partial charge in [-0.1, -0.05) is 18.2 Å². The van der Waals surface area contributed by atoms with E-state index >= 15 is 0 Å². The summed E-state index contributed by atoms with van der Waals surface area (Å²) in [6, 6.07) is 13.5. The van der Waals surface area contributed by atoms with Crippen LogP contribution in [-0.4, -0.2) is 44.6 Å². The summed E-state index contributed by atoms with van der Waals surface area (Å²) >= 11 is 1.83. The molecule has 3 aromatic rings. The van der Waals surface area contributed by atoms with Crippen molar-refractivity contribution in [3.8, 4) is 5.69 Å². The molecule has 1 fully saturated rings. The van der Waals surface area contributed by atoms with Crippen LogP contribution in [0.15, 0.2) is 59.3 Å². The third kappa shape index (κ3) is 3.46. The molecule has 0 radical (unpaired) electrons. The first-order valence-corrected chi connectivity index (χ1v) is 9.28. The fourth-order valence-corrected chi connectivity index (χ4v) is 4.06. The molecule has 1 atom stereocenters. The minimum Gasteiger partial charge on any atom is -0.468 e. The Morgan fingerprint density at radius 2 is 2.04 bits per heavy atom. The number of furan rings is 1. The van der Waals surface area contributed by atoms with Gasteiger partial charge in [0.1, 0.15) is 5.76 Å². The number of hydrogen-bond acceptors (Lipinski definition) is 5. The zero-order chi connectivity index (χ0) is 17.1. The third-order valence-electron chi connectivity index (χ3n) is 4.19. The standard InChI is InChI=1S/C18H18N4O2S/c23-18(15-13-19-22(20-15)14-5-2-1-3-6-14)21-9-8-17(25-12-10-21)16-7-4-11-24-16/h1-7,11,13,17H,8-10,12H2/t17-/m0/s1. The van der Waals surface area contributed by atoms with E-state index in [0.717, 1.165) is 23.6 Å². The number of nitrogens with zero attached hydrogens (tertiary/aromatic N) is 4. The van der Waals surface area contributed by atoms with Crippen molar-refractivity contribution in [2.45, 2.75) is 11.7 Å². The summed E-state index contributed by atoms with van der Waals surface area (Å²) in [5.41, 5.74) is 1.22. The van der Waals surface area contributed by atoms with E-state index < -0.39 is 0 Å². The number of amides is 1. The zero-order valence-electron chi connectivity index (χ0n) is 13.6. The minimum atomic E-state index is -0.0668. The normalized spacial score (nSPS) is 18.1. The molecule has 0 saturated carbocycles. The molecule has 1 amide bonds. The highest BCUT2D eigenvalue weighted by molar-refractivity contribution is 7.99. The van der Waals surface area contributed by atoms with Crippen LogP contribution < -0.4 is 0 Å². The molecule has 0 N–H and O–H groups in total. The van der Waals surface area contributed by atoms with Crippen molar-refractivity contribution < 1.29 is 9.21 Å². The molecule has 0 unspecified atom stereocenters. The largest absolute Gasteiger partial charge is 0.468 e. The van der Waals surface area contributed by atoms with Crippen LogP contribution in [0.3, 0.4) is 0 Å².